The Balaban J connectivity index is 2.80. The van der Waals surface area contributed by atoms with E-state index in [1.54, 1.807) is 0 Å². The van der Waals surface area contributed by atoms with Crippen molar-refractivity contribution in [1.82, 2.24) is 0 Å². The maximum Gasteiger partial charge on any atom is 0.158 e. The molecule has 94 valence electrons. The summed E-state index contributed by atoms with van der Waals surface area (Å²) in [5, 5.41) is 0. The Kier molecular flexibility index (Phi) is 3.44. The fraction of sp³-hybridized carbons (Fsp3) is 0.400. The van der Waals surface area contributed by atoms with Gasteiger partial charge in [0.05, 0.1) is 34.7 Å². The Morgan fingerprint density at radius 2 is 1.29 bits per heavy atom. The zero-order valence-corrected chi connectivity index (χ0v) is 13.2. The molecule has 0 atom stereocenters. The Labute approximate surface area is 116 Å². The van der Waals surface area contributed by atoms with E-state index in [0.29, 0.717) is 31.6 Å². The van der Waals surface area contributed by atoms with Crippen LogP contribution in [0.2, 0.25) is 0 Å². The highest BCUT2D eigenvalue weighted by Crippen LogP contribution is 2.48. The van der Waals surface area contributed by atoms with Gasteiger partial charge in [-0.1, -0.05) is 0 Å². The van der Waals surface area contributed by atoms with Crippen molar-refractivity contribution in [2.75, 3.05) is 14.2 Å². The highest BCUT2D eigenvalue weighted by molar-refractivity contribution is 9.13. The summed E-state index contributed by atoms with van der Waals surface area (Å²) >= 11 is 6.75. The van der Waals surface area contributed by atoms with Crippen molar-refractivity contribution in [1.29, 1.82) is 0 Å². The molecule has 0 bridgehead atoms. The summed E-state index contributed by atoms with van der Waals surface area (Å²) in [6.45, 7) is 0. The van der Waals surface area contributed by atoms with E-state index in [2.05, 4.69) is 31.9 Å². The predicted molar refractivity (Wildman–Crippen MR) is 71.3 cm³/mol. The summed E-state index contributed by atoms with van der Waals surface area (Å²) < 4.78 is 35.3. The number of halogens is 2. The van der Waals surface area contributed by atoms with Crippen molar-refractivity contribution in [3.63, 3.8) is 0 Å². The molecule has 1 aliphatic heterocycles. The minimum absolute atomic E-state index is 0.00620. The third-order valence-corrected chi connectivity index (χ3v) is 6.14. The van der Waals surface area contributed by atoms with Crippen LogP contribution in [0.1, 0.15) is 11.1 Å². The van der Waals surface area contributed by atoms with Gasteiger partial charge >= 0.3 is 0 Å². The molecule has 7 heteroatoms. The van der Waals surface area contributed by atoms with E-state index in [9.17, 15) is 8.42 Å². The van der Waals surface area contributed by atoms with Gasteiger partial charge in [-0.3, -0.25) is 0 Å². The lowest BCUT2D eigenvalue weighted by atomic mass is 10.1. The Hall–Kier alpha value is -0.270. The van der Waals surface area contributed by atoms with E-state index < -0.39 is 9.84 Å². The first-order valence-electron chi connectivity index (χ1n) is 4.72. The van der Waals surface area contributed by atoms with Gasteiger partial charge in [0, 0.05) is 11.1 Å². The average Bonchev–Trinajstić information content (AvgIpc) is 2.56. The molecule has 0 saturated carbocycles. The summed E-state index contributed by atoms with van der Waals surface area (Å²) in [5.74, 6) is 1.09. The van der Waals surface area contributed by atoms with Crippen LogP contribution in [0, 0.1) is 0 Å². The minimum Gasteiger partial charge on any atom is -0.495 e. The second-order valence-electron chi connectivity index (χ2n) is 3.68. The number of hydrogen-bond donors (Lipinski definition) is 0. The van der Waals surface area contributed by atoms with Crippen molar-refractivity contribution in [3.8, 4) is 11.5 Å². The standard InChI is InChI=1S/C10H10Br2O4S/c1-15-9-5-3-17(13,14)4-6(5)10(16-2)8(12)7(9)11/h3-4H2,1-2H3. The third kappa shape index (κ3) is 2.08. The number of methoxy groups -OCH3 is 2. The van der Waals surface area contributed by atoms with Crippen molar-refractivity contribution in [2.45, 2.75) is 11.5 Å². The molecule has 0 spiro atoms. The summed E-state index contributed by atoms with van der Waals surface area (Å²) in [4.78, 5) is 0. The summed E-state index contributed by atoms with van der Waals surface area (Å²) in [6.07, 6.45) is 0. The average molecular weight is 386 g/mol. The third-order valence-electron chi connectivity index (χ3n) is 2.64. The molecule has 0 aromatic heterocycles. The molecule has 0 radical (unpaired) electrons. The zero-order chi connectivity index (χ0) is 12.8. The fourth-order valence-corrected chi connectivity index (χ4v) is 4.72. The second kappa shape index (κ2) is 4.44. The van der Waals surface area contributed by atoms with Gasteiger partial charge in [0.2, 0.25) is 0 Å². The Morgan fingerprint density at radius 3 is 1.59 bits per heavy atom. The van der Waals surface area contributed by atoms with Gasteiger partial charge < -0.3 is 9.47 Å². The van der Waals surface area contributed by atoms with Gasteiger partial charge in [-0.25, -0.2) is 8.42 Å². The number of fused-ring (bicyclic) bond motifs is 1. The summed E-state index contributed by atoms with van der Waals surface area (Å²) in [5.41, 5.74) is 1.36. The van der Waals surface area contributed by atoms with Crippen molar-refractivity contribution >= 4 is 41.7 Å². The van der Waals surface area contributed by atoms with Crippen molar-refractivity contribution in [3.05, 3.63) is 20.1 Å². The molecule has 2 rings (SSSR count). The maximum atomic E-state index is 11.7. The largest absolute Gasteiger partial charge is 0.495 e. The van der Waals surface area contributed by atoms with Gasteiger partial charge in [0.25, 0.3) is 0 Å². The number of sulfone groups is 1. The molecule has 1 aliphatic rings. The van der Waals surface area contributed by atoms with Gasteiger partial charge in [-0.2, -0.15) is 0 Å². The van der Waals surface area contributed by atoms with Crippen LogP contribution in [0.4, 0.5) is 0 Å². The minimum atomic E-state index is -3.11. The molecule has 0 aliphatic carbocycles. The van der Waals surface area contributed by atoms with Crippen LogP contribution in [-0.2, 0) is 21.3 Å². The molecule has 1 aromatic rings. The molecule has 0 unspecified atom stereocenters. The number of hydrogen-bond acceptors (Lipinski definition) is 4. The highest BCUT2D eigenvalue weighted by atomic mass is 79.9. The lowest BCUT2D eigenvalue weighted by molar-refractivity contribution is 0.393. The van der Waals surface area contributed by atoms with Gasteiger partial charge in [0.15, 0.2) is 9.84 Å². The maximum absolute atomic E-state index is 11.7. The molecular weight excluding hydrogens is 376 g/mol. The van der Waals surface area contributed by atoms with Crippen LogP contribution in [0.15, 0.2) is 8.95 Å². The van der Waals surface area contributed by atoms with Crippen LogP contribution in [0.3, 0.4) is 0 Å². The fourth-order valence-electron chi connectivity index (χ4n) is 1.96. The molecule has 17 heavy (non-hydrogen) atoms. The SMILES string of the molecule is COc1c(Br)c(Br)c(OC)c2c1CS(=O)(=O)C2. The first kappa shape index (κ1) is 13.2. The van der Waals surface area contributed by atoms with Crippen LogP contribution in [0.5, 0.6) is 11.5 Å². The first-order chi connectivity index (χ1) is 7.91. The molecule has 0 amide bonds. The smallest absolute Gasteiger partial charge is 0.158 e. The van der Waals surface area contributed by atoms with Crippen LogP contribution < -0.4 is 9.47 Å². The van der Waals surface area contributed by atoms with E-state index in [1.807, 2.05) is 0 Å². The quantitative estimate of drug-likeness (QED) is 0.785. The number of ether oxygens (including phenoxy) is 2. The Morgan fingerprint density at radius 1 is 0.941 bits per heavy atom. The number of rotatable bonds is 2. The molecule has 1 aromatic carbocycles. The predicted octanol–water partition coefficient (Wildman–Crippen LogP) is 2.66. The first-order valence-corrected chi connectivity index (χ1v) is 8.13. The van der Waals surface area contributed by atoms with Gasteiger partial charge in [0.1, 0.15) is 11.5 Å². The van der Waals surface area contributed by atoms with Gasteiger partial charge in [-0.05, 0) is 31.9 Å². The van der Waals surface area contributed by atoms with Crippen LogP contribution >= 0.6 is 31.9 Å². The lowest BCUT2D eigenvalue weighted by Gasteiger charge is -2.15. The number of benzene rings is 1. The summed E-state index contributed by atoms with van der Waals surface area (Å²) in [7, 11) is -0.0696. The molecule has 0 saturated heterocycles. The molecular formula is C10H10Br2O4S. The molecule has 0 fully saturated rings. The topological polar surface area (TPSA) is 52.6 Å². The van der Waals surface area contributed by atoms with Crippen molar-refractivity contribution < 1.29 is 17.9 Å². The molecule has 1 heterocycles. The van der Waals surface area contributed by atoms with E-state index in [0.717, 1.165) is 0 Å². The zero-order valence-electron chi connectivity index (χ0n) is 9.21. The molecule has 4 nitrogen and oxygen atoms in total. The highest BCUT2D eigenvalue weighted by Gasteiger charge is 2.34. The monoisotopic (exact) mass is 384 g/mol. The van der Waals surface area contributed by atoms with Crippen molar-refractivity contribution in [2.24, 2.45) is 0 Å². The van der Waals surface area contributed by atoms with Crippen LogP contribution in [-0.4, -0.2) is 22.6 Å². The lowest BCUT2D eigenvalue weighted by Crippen LogP contribution is -1.98. The van der Waals surface area contributed by atoms with E-state index >= 15 is 0 Å². The van der Waals surface area contributed by atoms with Crippen LogP contribution in [0.25, 0.3) is 0 Å². The summed E-state index contributed by atoms with van der Waals surface area (Å²) in [6, 6.07) is 0. The molecule has 0 N–H and O–H groups in total. The van der Waals surface area contributed by atoms with E-state index in [-0.39, 0.29) is 11.5 Å². The van der Waals surface area contributed by atoms with E-state index in [4.69, 9.17) is 9.47 Å². The van der Waals surface area contributed by atoms with E-state index in [1.165, 1.54) is 14.2 Å². The second-order valence-corrected chi connectivity index (χ2v) is 7.33. The normalized spacial score (nSPS) is 16.7. The van der Waals surface area contributed by atoms with Gasteiger partial charge in [-0.15, -0.1) is 0 Å². The Bertz CT molecular complexity index is 536.